The molecule has 0 unspecified atom stereocenters. The maximum atomic E-state index is 14.2. The molecule has 0 radical (unpaired) electrons. The second-order valence-corrected chi connectivity index (χ2v) is 16.7. The Labute approximate surface area is 346 Å². The van der Waals surface area contributed by atoms with Crippen molar-refractivity contribution >= 4 is 76.3 Å². The van der Waals surface area contributed by atoms with Crippen molar-refractivity contribution in [3.05, 3.63) is 154 Å². The van der Waals surface area contributed by atoms with E-state index in [0.717, 1.165) is 42.0 Å². The van der Waals surface area contributed by atoms with Gasteiger partial charge < -0.3 is 26.2 Å². The molecule has 0 fully saturated rings. The first kappa shape index (κ1) is 45.6. The number of carboxylic acid groups (broad SMARTS) is 2. The van der Waals surface area contributed by atoms with Crippen molar-refractivity contribution in [1.82, 2.24) is 0 Å². The highest BCUT2D eigenvalue weighted by molar-refractivity contribution is 8.13. The fourth-order valence-electron chi connectivity index (χ4n) is 4.85. The standard InChI is InChI=1S/C19H12ClF2NO5S.C12H9F2N.C7H4Cl2O5S/c20-13-6-12(19(25)26)9-16(18(13)24)29(27,28)23-15-8-11(7-14(21)17(15)22)10-4-2-1-3-5-10;13-10-6-9(7-11(15)12(10)14)8-4-2-1-3-5-8;8-4-1-3(7(11)12)2-5(6(4)10)15(9,13)14/h1-9,23-24H,(H,25,26);1-7H,15H2;1-2,10H,(H,11,12). The van der Waals surface area contributed by atoms with Gasteiger partial charge in [0.1, 0.15) is 9.79 Å². The molecule has 0 heterocycles. The van der Waals surface area contributed by atoms with Gasteiger partial charge in [-0.15, -0.1) is 0 Å². The fourth-order valence-corrected chi connectivity index (χ4v) is 7.56. The molecule has 12 nitrogen and oxygen atoms in total. The van der Waals surface area contributed by atoms with Crippen molar-refractivity contribution in [2.45, 2.75) is 9.79 Å². The first-order chi connectivity index (χ1) is 27.5. The van der Waals surface area contributed by atoms with Crippen LogP contribution in [-0.2, 0) is 19.1 Å². The third-order valence-electron chi connectivity index (χ3n) is 7.65. The van der Waals surface area contributed by atoms with Crippen LogP contribution in [0, 0.1) is 23.3 Å². The molecule has 0 saturated carbocycles. The minimum absolute atomic E-state index is 0.172. The molecule has 0 aromatic heterocycles. The van der Waals surface area contributed by atoms with Crippen molar-refractivity contribution in [2.24, 2.45) is 0 Å². The SMILES string of the molecule is Nc1cc(-c2ccccc2)cc(F)c1F.O=C(O)c1cc(Cl)c(O)c(S(=O)(=O)Cl)c1.O=C(O)c1cc(Cl)c(O)c(S(=O)(=O)Nc2cc(-c3ccccc3)cc(F)c2F)c1. The monoisotopic (exact) mass is 914 g/mol. The lowest BCUT2D eigenvalue weighted by Crippen LogP contribution is -2.16. The second kappa shape index (κ2) is 18.7. The number of carbonyl (C=O) groups is 2. The third kappa shape index (κ3) is 11.3. The minimum atomic E-state index is -4.72. The van der Waals surface area contributed by atoms with Gasteiger partial charge in [-0.1, -0.05) is 83.9 Å². The molecular formula is C38H25Cl3F4N2O10S2. The maximum absolute atomic E-state index is 14.2. The van der Waals surface area contributed by atoms with Gasteiger partial charge >= 0.3 is 11.9 Å². The molecule has 0 saturated heterocycles. The number of nitrogen functional groups attached to an aromatic ring is 1. The zero-order chi connectivity index (χ0) is 44.0. The van der Waals surface area contributed by atoms with Crippen LogP contribution in [0.5, 0.6) is 11.5 Å². The lowest BCUT2D eigenvalue weighted by Gasteiger charge is -2.13. The summed E-state index contributed by atoms with van der Waals surface area (Å²) >= 11 is 11.1. The Morgan fingerprint density at radius 1 is 0.576 bits per heavy atom. The van der Waals surface area contributed by atoms with Gasteiger partial charge in [0, 0.05) is 10.7 Å². The number of phenols is 2. The molecule has 6 aromatic carbocycles. The molecule has 59 heavy (non-hydrogen) atoms. The third-order valence-corrected chi connectivity index (χ3v) is 10.9. The lowest BCUT2D eigenvalue weighted by atomic mass is 10.0. The van der Waals surface area contributed by atoms with Gasteiger partial charge in [-0.05, 0) is 70.8 Å². The van der Waals surface area contributed by atoms with Crippen LogP contribution in [0.2, 0.25) is 10.0 Å². The molecule has 308 valence electrons. The predicted molar refractivity (Wildman–Crippen MR) is 212 cm³/mol. The van der Waals surface area contributed by atoms with Crippen LogP contribution in [0.1, 0.15) is 20.7 Å². The molecule has 6 aromatic rings. The van der Waals surface area contributed by atoms with Gasteiger partial charge in [-0.2, -0.15) is 0 Å². The molecule has 21 heteroatoms. The minimum Gasteiger partial charge on any atom is -0.505 e. The number of rotatable bonds is 8. The molecule has 0 amide bonds. The van der Waals surface area contributed by atoms with E-state index in [-0.39, 0.29) is 16.8 Å². The molecule has 0 aliphatic rings. The fraction of sp³-hybridized carbons (Fsp3) is 0. The largest absolute Gasteiger partial charge is 0.505 e. The van der Waals surface area contributed by atoms with Crippen LogP contribution in [0.3, 0.4) is 0 Å². The predicted octanol–water partition coefficient (Wildman–Crippen LogP) is 9.38. The highest BCUT2D eigenvalue weighted by Gasteiger charge is 2.26. The first-order valence-corrected chi connectivity index (χ1v) is 20.4. The van der Waals surface area contributed by atoms with E-state index in [1.807, 2.05) is 35.1 Å². The maximum Gasteiger partial charge on any atom is 0.335 e. The van der Waals surface area contributed by atoms with Crippen LogP contribution in [0.4, 0.5) is 28.9 Å². The van der Waals surface area contributed by atoms with Crippen molar-refractivity contribution in [3.63, 3.8) is 0 Å². The second-order valence-electron chi connectivity index (χ2n) is 11.7. The summed E-state index contributed by atoms with van der Waals surface area (Å²) in [5.74, 6) is -9.24. The number of aromatic hydroxyl groups is 2. The number of nitrogens with one attached hydrogen (secondary N) is 1. The summed E-state index contributed by atoms with van der Waals surface area (Å²) in [4.78, 5) is 20.1. The molecule has 0 aliphatic heterocycles. The first-order valence-electron chi connectivity index (χ1n) is 15.8. The van der Waals surface area contributed by atoms with Gasteiger partial charge in [0.25, 0.3) is 19.1 Å². The van der Waals surface area contributed by atoms with E-state index < -0.39 is 96.9 Å². The Morgan fingerprint density at radius 2 is 0.983 bits per heavy atom. The van der Waals surface area contributed by atoms with Crippen molar-refractivity contribution in [3.8, 4) is 33.8 Å². The van der Waals surface area contributed by atoms with Gasteiger partial charge in [-0.3, -0.25) is 4.72 Å². The quantitative estimate of drug-likeness (QED) is 0.0480. The zero-order valence-electron chi connectivity index (χ0n) is 29.2. The van der Waals surface area contributed by atoms with E-state index in [0.29, 0.717) is 17.2 Å². The average Bonchev–Trinajstić information content (AvgIpc) is 3.17. The molecule has 7 N–H and O–H groups in total. The number of sulfonamides is 1. The number of anilines is 2. The Kier molecular flexibility index (Phi) is 14.5. The van der Waals surface area contributed by atoms with Gasteiger partial charge in [0.05, 0.1) is 32.5 Å². The topological polar surface area (TPSA) is 221 Å². The molecule has 0 bridgehead atoms. The normalized spacial score (nSPS) is 11.0. The number of carboxylic acids is 2. The highest BCUT2D eigenvalue weighted by atomic mass is 35.7. The molecular weight excluding hydrogens is 891 g/mol. The molecule has 0 spiro atoms. The van der Waals surface area contributed by atoms with E-state index in [1.165, 1.54) is 6.07 Å². The number of phenolic OH excluding ortho intramolecular Hbond substituents is 2. The van der Waals surface area contributed by atoms with Crippen LogP contribution >= 0.6 is 33.9 Å². The summed E-state index contributed by atoms with van der Waals surface area (Å²) in [5, 5.41) is 36.0. The smallest absolute Gasteiger partial charge is 0.335 e. The number of hydrogen-bond donors (Lipinski definition) is 6. The Morgan fingerprint density at radius 3 is 1.41 bits per heavy atom. The Bertz CT molecular complexity index is 2780. The Balaban J connectivity index is 0.000000215. The Hall–Kier alpha value is -6.05. The summed E-state index contributed by atoms with van der Waals surface area (Å²) < 4.78 is 103. The molecule has 6 rings (SSSR count). The molecule has 0 atom stereocenters. The summed E-state index contributed by atoms with van der Waals surface area (Å²) in [5.41, 5.74) is 5.64. The van der Waals surface area contributed by atoms with Crippen LogP contribution in [0.25, 0.3) is 22.3 Å². The highest BCUT2D eigenvalue weighted by Crippen LogP contribution is 2.36. The number of halogens is 7. The number of nitrogens with two attached hydrogens (primary N) is 1. The van der Waals surface area contributed by atoms with E-state index in [9.17, 15) is 54.2 Å². The summed E-state index contributed by atoms with van der Waals surface area (Å²) in [6, 6.07) is 25.1. The number of aromatic carboxylic acids is 2. The average molecular weight is 916 g/mol. The van der Waals surface area contributed by atoms with Gasteiger partial charge in [-0.25, -0.2) is 44.0 Å². The number of hydrogen-bond acceptors (Lipinski definition) is 9. The summed E-state index contributed by atoms with van der Waals surface area (Å²) in [6.45, 7) is 0. The van der Waals surface area contributed by atoms with Crippen LogP contribution in [0.15, 0.2) is 119 Å². The van der Waals surface area contributed by atoms with E-state index in [4.69, 9.17) is 49.8 Å². The zero-order valence-corrected chi connectivity index (χ0v) is 33.1. The number of benzene rings is 6. The van der Waals surface area contributed by atoms with E-state index >= 15 is 0 Å². The van der Waals surface area contributed by atoms with Crippen molar-refractivity contribution in [1.29, 1.82) is 0 Å². The molecule has 0 aliphatic carbocycles. The van der Waals surface area contributed by atoms with Crippen molar-refractivity contribution < 1.29 is 64.4 Å². The summed E-state index contributed by atoms with van der Waals surface area (Å²) in [6.07, 6.45) is 0. The van der Waals surface area contributed by atoms with E-state index in [2.05, 4.69) is 0 Å². The van der Waals surface area contributed by atoms with Gasteiger partial charge in [0.2, 0.25) is 0 Å². The van der Waals surface area contributed by atoms with Gasteiger partial charge in [0.15, 0.2) is 34.8 Å². The van der Waals surface area contributed by atoms with Crippen molar-refractivity contribution in [2.75, 3.05) is 10.5 Å². The summed E-state index contributed by atoms with van der Waals surface area (Å²) in [7, 11) is -3.98. The van der Waals surface area contributed by atoms with Crippen LogP contribution in [-0.4, -0.2) is 49.2 Å². The lowest BCUT2D eigenvalue weighted by molar-refractivity contribution is 0.0685. The van der Waals surface area contributed by atoms with Crippen LogP contribution < -0.4 is 10.5 Å². The van der Waals surface area contributed by atoms with E-state index in [1.54, 1.807) is 30.3 Å².